The average molecular weight is 333 g/mol. The van der Waals surface area contributed by atoms with E-state index < -0.39 is 20.6 Å². The van der Waals surface area contributed by atoms with Crippen LogP contribution in [-0.4, -0.2) is 13.3 Å². The van der Waals surface area contributed by atoms with Crippen LogP contribution in [0.15, 0.2) is 47.4 Å². The second-order valence-corrected chi connectivity index (χ2v) is 6.99. The summed E-state index contributed by atoms with van der Waals surface area (Å²) in [7, 11) is -3.96. The number of hydrogen-bond acceptors (Lipinski definition) is 5. The van der Waals surface area contributed by atoms with Gasteiger partial charge in [-0.05, 0) is 22.8 Å². The third-order valence-electron chi connectivity index (χ3n) is 3.72. The molecule has 7 nitrogen and oxygen atoms in total. The molecule has 2 N–H and O–H groups in total. The van der Waals surface area contributed by atoms with Gasteiger partial charge in [-0.2, -0.15) is 0 Å². The summed E-state index contributed by atoms with van der Waals surface area (Å²) in [5.74, 6) is 0. The quantitative estimate of drug-likeness (QED) is 0.640. The van der Waals surface area contributed by atoms with E-state index in [1.807, 2.05) is 18.2 Å². The summed E-state index contributed by atoms with van der Waals surface area (Å²) in [4.78, 5) is 9.95. The summed E-state index contributed by atoms with van der Waals surface area (Å²) in [6.45, 7) is 1.67. The van der Waals surface area contributed by atoms with Gasteiger partial charge >= 0.3 is 0 Å². The minimum Gasteiger partial charge on any atom is -0.309 e. The highest BCUT2D eigenvalue weighted by Crippen LogP contribution is 2.23. The van der Waals surface area contributed by atoms with E-state index >= 15 is 0 Å². The van der Waals surface area contributed by atoms with Crippen LogP contribution >= 0.6 is 0 Å². The smallest absolute Gasteiger partial charge is 0.289 e. The molecule has 0 aromatic heterocycles. The zero-order valence-electron chi connectivity index (χ0n) is 12.2. The Kier molecular flexibility index (Phi) is 4.12. The fourth-order valence-corrected chi connectivity index (χ4v) is 3.74. The summed E-state index contributed by atoms with van der Waals surface area (Å²) in [5, 5.41) is 14.2. The van der Waals surface area contributed by atoms with Crippen molar-refractivity contribution < 1.29 is 13.3 Å². The van der Waals surface area contributed by atoms with Gasteiger partial charge in [-0.3, -0.25) is 10.1 Å². The van der Waals surface area contributed by atoms with E-state index in [2.05, 4.69) is 10.0 Å². The zero-order chi connectivity index (χ0) is 16.4. The predicted octanol–water partition coefficient (Wildman–Crippen LogP) is 1.68. The van der Waals surface area contributed by atoms with E-state index in [1.54, 1.807) is 0 Å². The van der Waals surface area contributed by atoms with Crippen molar-refractivity contribution >= 4 is 15.7 Å². The topological polar surface area (TPSA) is 101 Å². The maximum absolute atomic E-state index is 12.3. The fourth-order valence-electron chi connectivity index (χ4n) is 2.55. The first kappa shape index (κ1) is 15.6. The lowest BCUT2D eigenvalue weighted by Crippen LogP contribution is -2.24. The van der Waals surface area contributed by atoms with Crippen molar-refractivity contribution in [1.29, 1.82) is 0 Å². The Bertz CT molecular complexity index is 865. The van der Waals surface area contributed by atoms with E-state index in [-0.39, 0.29) is 11.4 Å². The van der Waals surface area contributed by atoms with Crippen LogP contribution in [0.3, 0.4) is 0 Å². The van der Waals surface area contributed by atoms with Gasteiger partial charge in [0.1, 0.15) is 0 Å². The molecule has 0 bridgehead atoms. The molecule has 0 unspecified atom stereocenters. The first-order chi connectivity index (χ1) is 11.0. The number of benzene rings is 2. The molecule has 0 fully saturated rings. The van der Waals surface area contributed by atoms with Crippen LogP contribution < -0.4 is 10.0 Å². The lowest BCUT2D eigenvalue weighted by atomic mass is 10.1. The Balaban J connectivity index is 1.81. The van der Waals surface area contributed by atoms with Gasteiger partial charge in [-0.25, -0.2) is 13.1 Å². The molecule has 2 aromatic carbocycles. The highest BCUT2D eigenvalue weighted by molar-refractivity contribution is 7.89. The Morgan fingerprint density at radius 3 is 2.65 bits per heavy atom. The first-order valence-electron chi connectivity index (χ1n) is 7.02. The fraction of sp³-hybridized carbons (Fsp3) is 0.200. The van der Waals surface area contributed by atoms with Gasteiger partial charge in [-0.15, -0.1) is 0 Å². The number of rotatable bonds is 5. The molecule has 1 heterocycles. The zero-order valence-corrected chi connectivity index (χ0v) is 13.0. The maximum Gasteiger partial charge on any atom is 0.289 e. The number of sulfonamides is 1. The Morgan fingerprint density at radius 1 is 1.13 bits per heavy atom. The lowest BCUT2D eigenvalue weighted by molar-refractivity contribution is -0.387. The molecule has 8 heteroatoms. The molecule has 2 aromatic rings. The summed E-state index contributed by atoms with van der Waals surface area (Å²) in [5.41, 5.74) is 2.73. The number of nitrogens with one attached hydrogen (secondary N) is 2. The highest BCUT2D eigenvalue weighted by atomic mass is 32.2. The lowest BCUT2D eigenvalue weighted by Gasteiger charge is -2.08. The Labute approximate surface area is 133 Å². The molecule has 0 radical (unpaired) electrons. The summed E-state index contributed by atoms with van der Waals surface area (Å²) in [6, 6.07) is 11.1. The maximum atomic E-state index is 12.3. The van der Waals surface area contributed by atoms with Crippen molar-refractivity contribution in [2.45, 2.75) is 24.5 Å². The first-order valence-corrected chi connectivity index (χ1v) is 8.50. The largest absolute Gasteiger partial charge is 0.309 e. The number of para-hydroxylation sites is 1. The molecule has 23 heavy (non-hydrogen) atoms. The molecule has 1 aliphatic heterocycles. The average Bonchev–Trinajstić information content (AvgIpc) is 3.00. The number of nitro groups is 1. The van der Waals surface area contributed by atoms with Crippen molar-refractivity contribution in [3.63, 3.8) is 0 Å². The summed E-state index contributed by atoms with van der Waals surface area (Å²) in [6.07, 6.45) is 0. The summed E-state index contributed by atoms with van der Waals surface area (Å²) < 4.78 is 27.1. The van der Waals surface area contributed by atoms with Crippen LogP contribution in [0.25, 0.3) is 0 Å². The van der Waals surface area contributed by atoms with Crippen molar-refractivity contribution in [3.8, 4) is 0 Å². The number of fused-ring (bicyclic) bond motifs is 1. The van der Waals surface area contributed by atoms with Gasteiger partial charge in [-0.1, -0.05) is 30.3 Å². The van der Waals surface area contributed by atoms with E-state index in [4.69, 9.17) is 0 Å². The molecule has 0 amide bonds. The number of hydrogen-bond donors (Lipinski definition) is 2. The number of nitro benzene ring substituents is 1. The van der Waals surface area contributed by atoms with Crippen molar-refractivity contribution in [2.75, 3.05) is 0 Å². The SMILES string of the molecule is O=[N+]([O-])c1ccccc1S(=O)(=O)NCc1ccc2c(c1)CNC2. The molecular weight excluding hydrogens is 318 g/mol. The third-order valence-corrected chi connectivity index (χ3v) is 5.17. The minimum absolute atomic E-state index is 0.0850. The van der Waals surface area contributed by atoms with Gasteiger partial charge in [0.2, 0.25) is 10.0 Å². The predicted molar refractivity (Wildman–Crippen MR) is 84.1 cm³/mol. The standard InChI is InChI=1S/C15H15N3O4S/c19-18(20)14-3-1-2-4-15(14)23(21,22)17-8-11-5-6-12-9-16-10-13(12)7-11/h1-7,16-17H,8-10H2. The van der Waals surface area contributed by atoms with Crippen LogP contribution in [0.4, 0.5) is 5.69 Å². The molecule has 120 valence electrons. The van der Waals surface area contributed by atoms with Crippen LogP contribution in [0.5, 0.6) is 0 Å². The van der Waals surface area contributed by atoms with E-state index in [9.17, 15) is 18.5 Å². The van der Waals surface area contributed by atoms with Gasteiger partial charge in [0, 0.05) is 25.7 Å². The molecule has 0 spiro atoms. The van der Waals surface area contributed by atoms with Crippen LogP contribution in [0.1, 0.15) is 16.7 Å². The molecular formula is C15H15N3O4S. The van der Waals surface area contributed by atoms with E-state index in [0.717, 1.165) is 24.2 Å². The highest BCUT2D eigenvalue weighted by Gasteiger charge is 2.24. The second-order valence-electron chi connectivity index (χ2n) is 5.26. The molecule has 0 aliphatic carbocycles. The van der Waals surface area contributed by atoms with E-state index in [0.29, 0.717) is 0 Å². The van der Waals surface area contributed by atoms with Crippen LogP contribution in [0.2, 0.25) is 0 Å². The molecule has 0 atom stereocenters. The van der Waals surface area contributed by atoms with Gasteiger partial charge < -0.3 is 5.32 Å². The minimum atomic E-state index is -3.96. The summed E-state index contributed by atoms with van der Waals surface area (Å²) >= 11 is 0. The van der Waals surface area contributed by atoms with Crippen LogP contribution in [-0.2, 0) is 29.7 Å². The molecule has 0 saturated carbocycles. The van der Waals surface area contributed by atoms with Gasteiger partial charge in [0.15, 0.2) is 4.90 Å². The Morgan fingerprint density at radius 2 is 1.87 bits per heavy atom. The van der Waals surface area contributed by atoms with Gasteiger partial charge in [0.05, 0.1) is 4.92 Å². The second kappa shape index (κ2) is 6.07. The normalized spacial score (nSPS) is 13.7. The van der Waals surface area contributed by atoms with Crippen LogP contribution in [0, 0.1) is 10.1 Å². The van der Waals surface area contributed by atoms with Crippen molar-refractivity contribution in [2.24, 2.45) is 0 Å². The van der Waals surface area contributed by atoms with Gasteiger partial charge in [0.25, 0.3) is 5.69 Å². The third kappa shape index (κ3) is 3.24. The van der Waals surface area contributed by atoms with Crippen molar-refractivity contribution in [1.82, 2.24) is 10.0 Å². The monoisotopic (exact) mass is 333 g/mol. The molecule has 1 aliphatic rings. The molecule has 0 saturated heterocycles. The molecule has 3 rings (SSSR count). The van der Waals surface area contributed by atoms with Crippen molar-refractivity contribution in [3.05, 3.63) is 69.3 Å². The Hall–Kier alpha value is -2.29. The van der Waals surface area contributed by atoms with E-state index in [1.165, 1.54) is 29.8 Å². The number of nitrogens with zero attached hydrogens (tertiary/aromatic N) is 1.